The van der Waals surface area contributed by atoms with Crippen LogP contribution in [0.1, 0.15) is 116 Å². The van der Waals surface area contributed by atoms with Crippen LogP contribution in [0.15, 0.2) is 12.2 Å². The van der Waals surface area contributed by atoms with E-state index in [0.717, 1.165) is 70.5 Å². The second-order valence-electron chi connectivity index (χ2n) is 13.7. The molecule has 2 aliphatic carbocycles. The molecular weight excluding hydrogens is 659 g/mol. The van der Waals surface area contributed by atoms with Gasteiger partial charge in [0.2, 0.25) is 0 Å². The number of hydrogen-bond donors (Lipinski definition) is 0. The Bertz CT molecular complexity index is 849. The Morgan fingerprint density at radius 3 is 2.40 bits per heavy atom. The predicted octanol–water partition coefficient (Wildman–Crippen LogP) is 7.91. The summed E-state index contributed by atoms with van der Waals surface area (Å²) < 4.78 is 37.5. The van der Waals surface area contributed by atoms with Gasteiger partial charge in [-0.15, -0.1) is 0 Å². The molecule has 0 bridgehead atoms. The van der Waals surface area contributed by atoms with Crippen molar-refractivity contribution in [1.29, 1.82) is 0 Å². The van der Waals surface area contributed by atoms with Crippen LogP contribution in [0.5, 0.6) is 0 Å². The molecule has 3 heterocycles. The molecule has 5 aliphatic rings. The molecular formula is C35H57IO7. The van der Waals surface area contributed by atoms with Crippen molar-refractivity contribution in [2.24, 2.45) is 23.7 Å². The number of carbonyl (C=O) groups excluding carboxylic acids is 1. The first-order chi connectivity index (χ1) is 21.0. The third kappa shape index (κ3) is 9.87. The first kappa shape index (κ1) is 34.1. The zero-order chi connectivity index (χ0) is 30.0. The average Bonchev–Trinajstić information content (AvgIpc) is 3.59. The Kier molecular flexibility index (Phi) is 14.0. The fourth-order valence-corrected chi connectivity index (χ4v) is 9.15. The van der Waals surface area contributed by atoms with E-state index in [1.165, 1.54) is 58.5 Å². The van der Waals surface area contributed by atoms with E-state index in [1.54, 1.807) is 0 Å². The molecule has 246 valence electrons. The minimum Gasteiger partial charge on any atom is -0.469 e. The van der Waals surface area contributed by atoms with Gasteiger partial charge in [-0.1, -0.05) is 67.3 Å². The lowest BCUT2D eigenvalue weighted by atomic mass is 9.77. The van der Waals surface area contributed by atoms with Gasteiger partial charge >= 0.3 is 5.97 Å². The third-order valence-electron chi connectivity index (χ3n) is 10.7. The maximum absolute atomic E-state index is 11.6. The number of halogens is 1. The molecule has 9 atom stereocenters. The summed E-state index contributed by atoms with van der Waals surface area (Å²) in [5, 5.41) is 0. The summed E-state index contributed by atoms with van der Waals surface area (Å²) in [6, 6.07) is 0. The highest BCUT2D eigenvalue weighted by Crippen LogP contribution is 2.48. The lowest BCUT2D eigenvalue weighted by Gasteiger charge is -2.35. The number of carbonyl (C=O) groups is 1. The fraction of sp³-hybridized carbons (Fsp3) is 0.914. The Morgan fingerprint density at radius 1 is 0.977 bits per heavy atom. The Balaban J connectivity index is 1.27. The van der Waals surface area contributed by atoms with Gasteiger partial charge in [0.25, 0.3) is 0 Å². The van der Waals surface area contributed by atoms with Gasteiger partial charge in [0, 0.05) is 35.9 Å². The van der Waals surface area contributed by atoms with Gasteiger partial charge in [-0.3, -0.25) is 4.79 Å². The third-order valence-corrected chi connectivity index (χ3v) is 12.1. The summed E-state index contributed by atoms with van der Waals surface area (Å²) in [5.41, 5.74) is 0. The molecule has 3 saturated heterocycles. The molecule has 0 spiro atoms. The van der Waals surface area contributed by atoms with Crippen LogP contribution < -0.4 is 0 Å². The Labute approximate surface area is 274 Å². The molecule has 4 unspecified atom stereocenters. The summed E-state index contributed by atoms with van der Waals surface area (Å²) in [5.74, 6) is 2.02. The summed E-state index contributed by atoms with van der Waals surface area (Å²) >= 11 is 2.54. The minimum absolute atomic E-state index is 0.0836. The van der Waals surface area contributed by atoms with Crippen LogP contribution in [0, 0.1) is 23.7 Å². The summed E-state index contributed by atoms with van der Waals surface area (Å²) in [6.45, 7) is 3.92. The summed E-state index contributed by atoms with van der Waals surface area (Å²) in [4.78, 5) is 11.6. The number of rotatable bonds is 14. The molecule has 43 heavy (non-hydrogen) atoms. The lowest BCUT2D eigenvalue weighted by Crippen LogP contribution is -2.34. The molecule has 8 heteroatoms. The molecule has 0 aromatic heterocycles. The normalized spacial score (nSPS) is 38.2. The van der Waals surface area contributed by atoms with Crippen LogP contribution in [-0.2, 0) is 33.2 Å². The highest BCUT2D eigenvalue weighted by molar-refractivity contribution is 14.1. The molecule has 0 aromatic carbocycles. The van der Waals surface area contributed by atoms with Crippen molar-refractivity contribution in [2.45, 2.75) is 157 Å². The fourth-order valence-electron chi connectivity index (χ4n) is 8.25. The van der Waals surface area contributed by atoms with Gasteiger partial charge in [0.1, 0.15) is 0 Å². The van der Waals surface area contributed by atoms with E-state index in [-0.39, 0.29) is 48.9 Å². The molecule has 0 radical (unpaired) electrons. The quantitative estimate of drug-likeness (QED) is 0.0784. The molecule has 5 fully saturated rings. The zero-order valence-corrected chi connectivity index (χ0v) is 28.8. The number of hydrogen-bond acceptors (Lipinski definition) is 7. The van der Waals surface area contributed by atoms with E-state index in [0.29, 0.717) is 22.2 Å². The van der Waals surface area contributed by atoms with E-state index in [2.05, 4.69) is 41.7 Å². The zero-order valence-electron chi connectivity index (χ0n) is 26.7. The molecule has 0 N–H and O–H groups in total. The van der Waals surface area contributed by atoms with Crippen LogP contribution >= 0.6 is 22.6 Å². The Hall–Kier alpha value is -0.260. The monoisotopic (exact) mass is 716 g/mol. The molecule has 0 aromatic rings. The highest BCUT2D eigenvalue weighted by atomic mass is 127. The van der Waals surface area contributed by atoms with Gasteiger partial charge < -0.3 is 28.4 Å². The standard InChI is InChI=1S/C35H57IO7/c1-3-9-24-14-16-25(17-15-24)29(42-34-12-4-6-20-39-34)19-18-26-27-22-32(28(36)10-8-11-33(37)38-2)41-31(27)23-30(26)43-35-13-5-7-21-40-35/h18-19,24-32,34-35H,3-17,20-23H2,1-2H3/b19-18+/t24?,25?,26-,27-,28?,29-,30-,31-,32?,34?,35?/m1/s1. The van der Waals surface area contributed by atoms with Crippen LogP contribution in [0.2, 0.25) is 0 Å². The lowest BCUT2D eigenvalue weighted by molar-refractivity contribution is -0.195. The first-order valence-electron chi connectivity index (χ1n) is 17.6. The van der Waals surface area contributed by atoms with Gasteiger partial charge in [0.05, 0.1) is 31.5 Å². The molecule has 2 saturated carbocycles. The van der Waals surface area contributed by atoms with Crippen molar-refractivity contribution in [1.82, 2.24) is 0 Å². The average molecular weight is 717 g/mol. The van der Waals surface area contributed by atoms with Crippen molar-refractivity contribution in [3.8, 4) is 0 Å². The van der Waals surface area contributed by atoms with Crippen molar-refractivity contribution in [3.05, 3.63) is 12.2 Å². The van der Waals surface area contributed by atoms with Crippen molar-refractivity contribution in [3.63, 3.8) is 0 Å². The smallest absolute Gasteiger partial charge is 0.305 e. The number of ether oxygens (including phenoxy) is 6. The number of alkyl halides is 1. The molecule has 0 amide bonds. The summed E-state index contributed by atoms with van der Waals surface area (Å²) in [6.07, 6.45) is 23.9. The molecule has 3 aliphatic heterocycles. The maximum Gasteiger partial charge on any atom is 0.305 e. The highest BCUT2D eigenvalue weighted by Gasteiger charge is 2.51. The topological polar surface area (TPSA) is 72.5 Å². The van der Waals surface area contributed by atoms with E-state index < -0.39 is 0 Å². The SMILES string of the molecule is CCCC1CCC([C@@H](/C=C/[C@@H]2[C@H]3CC(C(I)CCCC(=O)OC)O[C@@H]3C[C@H]2OC2CCCCO2)OC2CCCCO2)CC1. The van der Waals surface area contributed by atoms with Gasteiger partial charge in [-0.25, -0.2) is 0 Å². The number of esters is 1. The van der Waals surface area contributed by atoms with E-state index in [1.807, 2.05) is 0 Å². The van der Waals surface area contributed by atoms with E-state index >= 15 is 0 Å². The number of fused-ring (bicyclic) bond motifs is 1. The second kappa shape index (κ2) is 17.6. The van der Waals surface area contributed by atoms with Gasteiger partial charge in [-0.05, 0) is 88.4 Å². The predicted molar refractivity (Wildman–Crippen MR) is 175 cm³/mol. The largest absolute Gasteiger partial charge is 0.469 e. The van der Waals surface area contributed by atoms with Crippen molar-refractivity contribution < 1.29 is 33.2 Å². The second-order valence-corrected chi connectivity index (χ2v) is 15.3. The van der Waals surface area contributed by atoms with Crippen LogP contribution in [0.25, 0.3) is 0 Å². The summed E-state index contributed by atoms with van der Waals surface area (Å²) in [7, 11) is 1.46. The Morgan fingerprint density at radius 2 is 1.72 bits per heavy atom. The van der Waals surface area contributed by atoms with Crippen molar-refractivity contribution >= 4 is 28.6 Å². The van der Waals surface area contributed by atoms with Crippen molar-refractivity contribution in [2.75, 3.05) is 20.3 Å². The minimum atomic E-state index is -0.128. The first-order valence-corrected chi connectivity index (χ1v) is 18.9. The van der Waals surface area contributed by atoms with Gasteiger partial charge in [0.15, 0.2) is 12.6 Å². The van der Waals surface area contributed by atoms with E-state index in [4.69, 9.17) is 28.4 Å². The molecule has 7 nitrogen and oxygen atoms in total. The maximum atomic E-state index is 11.6. The van der Waals surface area contributed by atoms with Crippen LogP contribution in [-0.4, -0.2) is 67.2 Å². The van der Waals surface area contributed by atoms with E-state index in [9.17, 15) is 4.79 Å². The van der Waals surface area contributed by atoms with Crippen LogP contribution in [0.3, 0.4) is 0 Å². The number of methoxy groups -OCH3 is 1. The van der Waals surface area contributed by atoms with Gasteiger partial charge in [-0.2, -0.15) is 0 Å². The molecule has 5 rings (SSSR count). The van der Waals surface area contributed by atoms with Crippen LogP contribution in [0.4, 0.5) is 0 Å².